The first-order valence-corrected chi connectivity index (χ1v) is 26.7. The molecule has 0 bridgehead atoms. The third-order valence-corrected chi connectivity index (χ3v) is 14.7. The molecule has 71 heavy (non-hydrogen) atoms. The molecule has 0 aromatic heterocycles. The van der Waals surface area contributed by atoms with E-state index in [4.69, 9.17) is 28.7 Å². The van der Waals surface area contributed by atoms with Gasteiger partial charge in [-0.15, -0.1) is 0 Å². The van der Waals surface area contributed by atoms with Crippen molar-refractivity contribution in [3.05, 3.63) is 0 Å². The van der Waals surface area contributed by atoms with Gasteiger partial charge in [-0.3, -0.25) is 38.8 Å². The van der Waals surface area contributed by atoms with Crippen molar-refractivity contribution < 1.29 is 38.7 Å². The molecule has 0 radical (unpaired) electrons. The Balaban J connectivity index is 1.87. The minimum Gasteiger partial charge on any atom is -0.480 e. The van der Waals surface area contributed by atoms with Crippen molar-refractivity contribution in [1.82, 2.24) is 31.9 Å². The van der Waals surface area contributed by atoms with Crippen molar-refractivity contribution in [3.63, 3.8) is 0 Å². The van der Waals surface area contributed by atoms with E-state index in [0.29, 0.717) is 25.7 Å². The smallest absolute Gasteiger partial charge is 0.326 e. The van der Waals surface area contributed by atoms with Crippen LogP contribution in [0.5, 0.6) is 0 Å². The summed E-state index contributed by atoms with van der Waals surface area (Å²) in [4.78, 5) is 105. The van der Waals surface area contributed by atoms with Crippen molar-refractivity contribution in [1.29, 1.82) is 0 Å². The molecule has 21 heteroatoms. The lowest BCUT2D eigenvalue weighted by Gasteiger charge is -2.32. The third kappa shape index (κ3) is 22.4. The van der Waals surface area contributed by atoms with E-state index in [-0.39, 0.29) is 74.4 Å². The molecular formula is C50H91N13O8. The number of rotatable bonds is 30. The summed E-state index contributed by atoms with van der Waals surface area (Å²) in [6.07, 6.45) is 17.0. The number of nitrogens with one attached hydrogen (secondary N) is 6. The van der Waals surface area contributed by atoms with E-state index in [1.165, 1.54) is 0 Å². The van der Waals surface area contributed by atoms with E-state index < -0.39 is 89.6 Å². The van der Waals surface area contributed by atoms with Crippen LogP contribution in [-0.4, -0.2) is 114 Å². The van der Waals surface area contributed by atoms with E-state index in [9.17, 15) is 38.7 Å². The van der Waals surface area contributed by atoms with E-state index in [0.717, 1.165) is 96.3 Å². The second-order valence-electron chi connectivity index (χ2n) is 20.9. The van der Waals surface area contributed by atoms with E-state index in [2.05, 4.69) is 41.9 Å². The van der Waals surface area contributed by atoms with Crippen LogP contribution < -0.4 is 60.6 Å². The number of aliphatic imine (C=N–C) groups is 2. The van der Waals surface area contributed by atoms with Crippen LogP contribution in [0.1, 0.15) is 175 Å². The highest BCUT2D eigenvalue weighted by atomic mass is 16.4. The minimum atomic E-state index is -1.21. The number of guanidine groups is 2. The molecule has 3 aliphatic rings. The Morgan fingerprint density at radius 1 is 0.493 bits per heavy atom. The summed E-state index contributed by atoms with van der Waals surface area (Å²) in [5, 5.41) is 27.2. The Morgan fingerprint density at radius 3 is 1.28 bits per heavy atom. The number of carbonyl (C=O) groups excluding carboxylic acids is 6. The molecule has 0 unspecified atom stereocenters. The molecule has 0 saturated heterocycles. The molecule has 17 N–H and O–H groups in total. The Morgan fingerprint density at radius 2 is 0.859 bits per heavy atom. The average molecular weight is 1000 g/mol. The van der Waals surface area contributed by atoms with E-state index in [1.807, 2.05) is 13.8 Å². The summed E-state index contributed by atoms with van der Waals surface area (Å²) >= 11 is 0. The number of aliphatic carboxylic acids is 1. The molecule has 6 amide bonds. The quantitative estimate of drug-likeness (QED) is 0.0279. The lowest BCUT2D eigenvalue weighted by atomic mass is 9.84. The zero-order valence-electron chi connectivity index (χ0n) is 43.2. The van der Waals surface area contributed by atoms with Gasteiger partial charge < -0.3 is 65.7 Å². The van der Waals surface area contributed by atoms with E-state index >= 15 is 0 Å². The largest absolute Gasteiger partial charge is 0.480 e. The van der Waals surface area contributed by atoms with Crippen LogP contribution in [0, 0.1) is 29.6 Å². The molecule has 0 aromatic carbocycles. The predicted octanol–water partition coefficient (Wildman–Crippen LogP) is 2.03. The molecular weight excluding hydrogens is 911 g/mol. The summed E-state index contributed by atoms with van der Waals surface area (Å²) in [7, 11) is 0. The third-order valence-electron chi connectivity index (χ3n) is 14.7. The number of carboxylic acid groups (broad SMARTS) is 1. The summed E-state index contributed by atoms with van der Waals surface area (Å²) in [5.41, 5.74) is 28.3. The lowest BCUT2D eigenvalue weighted by Crippen LogP contribution is -2.61. The van der Waals surface area contributed by atoms with Gasteiger partial charge in [-0.2, -0.15) is 0 Å². The number of carboxylic acids is 1. The number of carbonyl (C=O) groups is 7. The molecule has 3 saturated carbocycles. The van der Waals surface area contributed by atoms with Crippen LogP contribution in [0.25, 0.3) is 0 Å². The van der Waals surface area contributed by atoms with Crippen molar-refractivity contribution in [2.45, 2.75) is 218 Å². The average Bonchev–Trinajstić information content (AvgIpc) is 3.34. The van der Waals surface area contributed by atoms with Gasteiger partial charge in [-0.1, -0.05) is 130 Å². The van der Waals surface area contributed by atoms with Crippen LogP contribution in [0.4, 0.5) is 0 Å². The van der Waals surface area contributed by atoms with Gasteiger partial charge in [0.1, 0.15) is 36.3 Å². The molecule has 8 atom stereocenters. The van der Waals surface area contributed by atoms with Gasteiger partial charge in [-0.05, 0) is 74.5 Å². The maximum absolute atomic E-state index is 14.5. The normalized spacial score (nSPS) is 19.2. The monoisotopic (exact) mass is 1000 g/mol. The highest BCUT2D eigenvalue weighted by Gasteiger charge is 2.37. The van der Waals surface area contributed by atoms with Gasteiger partial charge in [0.05, 0.1) is 6.04 Å². The molecule has 404 valence electrons. The zero-order chi connectivity index (χ0) is 52.5. The fraction of sp³-hybridized carbons (Fsp3) is 0.820. The van der Waals surface area contributed by atoms with Crippen LogP contribution in [-0.2, 0) is 33.6 Å². The molecule has 0 aromatic rings. The van der Waals surface area contributed by atoms with Gasteiger partial charge in [0, 0.05) is 13.1 Å². The molecule has 0 heterocycles. The standard InChI is InChI=1S/C50H91N13O8/c1-5-31(4)41(47(69)61-39(48(70)71)29-34-21-13-8-14-22-34)63-45(67)38(28-33-19-11-7-12-20-33)60-43(65)36(24-16-26-57-50(54)55)58-46(68)40(30(2)3)62-44(66)37(27-32-17-9-6-10-18-32)59-42(64)35(51)23-15-25-56-49(52)53/h30-41H,5-29,51H2,1-4H3,(H,58,68)(H,59,64)(H,60,65)(H,61,69)(H,62,66)(H,63,67)(H,70,71)(H4,52,53,56)(H4,54,55,57)/t31-,35-,36-,37-,38-,39-,40+,41-/m0/s1. The SMILES string of the molecule is CC[C@H](C)[C@H](NC(=O)[C@H](CC1CCCCC1)NC(=O)[C@H](CCCN=C(N)N)NC(=O)[C@H](NC(=O)[C@H](CC1CCCCC1)NC(=O)[C@@H](N)CCCN=C(N)N)C(C)C)C(=O)N[C@@H](CC1CCCCC1)C(=O)O. The molecule has 0 aliphatic heterocycles. The molecule has 3 rings (SSSR count). The van der Waals surface area contributed by atoms with Gasteiger partial charge >= 0.3 is 5.97 Å². The minimum absolute atomic E-state index is 0.0573. The number of nitrogens with two attached hydrogens (primary N) is 5. The molecule has 3 aliphatic carbocycles. The van der Waals surface area contributed by atoms with Crippen molar-refractivity contribution in [3.8, 4) is 0 Å². The summed E-state index contributed by atoms with van der Waals surface area (Å²) in [5.74, 6) is -5.34. The Hall–Kier alpha value is -5.21. The van der Waals surface area contributed by atoms with Gasteiger partial charge in [-0.25, -0.2) is 4.79 Å². The molecule has 21 nitrogen and oxygen atoms in total. The molecule has 0 spiro atoms. The van der Waals surface area contributed by atoms with Crippen molar-refractivity contribution in [2.75, 3.05) is 13.1 Å². The van der Waals surface area contributed by atoms with Crippen LogP contribution in [0.2, 0.25) is 0 Å². The summed E-state index contributed by atoms with van der Waals surface area (Å²) in [6.45, 7) is 7.62. The van der Waals surface area contributed by atoms with Gasteiger partial charge in [0.15, 0.2) is 11.9 Å². The highest BCUT2D eigenvalue weighted by molar-refractivity contribution is 5.97. The fourth-order valence-corrected chi connectivity index (χ4v) is 10.2. The second kappa shape index (κ2) is 32.0. The number of nitrogens with zero attached hydrogens (tertiary/aromatic N) is 2. The number of hydrogen-bond donors (Lipinski definition) is 12. The Labute approximate surface area is 421 Å². The topological polar surface area (TPSA) is 367 Å². The zero-order valence-corrected chi connectivity index (χ0v) is 43.2. The predicted molar refractivity (Wildman–Crippen MR) is 275 cm³/mol. The highest BCUT2D eigenvalue weighted by Crippen LogP contribution is 2.30. The van der Waals surface area contributed by atoms with Gasteiger partial charge in [0.25, 0.3) is 0 Å². The number of hydrogen-bond acceptors (Lipinski definition) is 10. The second-order valence-corrected chi connectivity index (χ2v) is 20.9. The van der Waals surface area contributed by atoms with Crippen LogP contribution in [0.3, 0.4) is 0 Å². The molecule has 3 fully saturated rings. The lowest BCUT2D eigenvalue weighted by molar-refractivity contribution is -0.143. The maximum Gasteiger partial charge on any atom is 0.326 e. The first kappa shape index (κ1) is 60.1. The Kier molecular flexibility index (Phi) is 27.1. The first-order valence-electron chi connectivity index (χ1n) is 26.7. The van der Waals surface area contributed by atoms with E-state index in [1.54, 1.807) is 13.8 Å². The summed E-state index contributed by atoms with van der Waals surface area (Å²) in [6, 6.07) is -7.59. The fourth-order valence-electron chi connectivity index (χ4n) is 10.2. The van der Waals surface area contributed by atoms with Crippen LogP contribution in [0.15, 0.2) is 9.98 Å². The number of amides is 6. The van der Waals surface area contributed by atoms with Crippen molar-refractivity contribution in [2.24, 2.45) is 68.2 Å². The maximum atomic E-state index is 14.5. The van der Waals surface area contributed by atoms with Gasteiger partial charge in [0.2, 0.25) is 35.4 Å². The first-order chi connectivity index (χ1) is 33.8. The Bertz CT molecular complexity index is 1760. The van der Waals surface area contributed by atoms with Crippen molar-refractivity contribution >= 4 is 53.3 Å². The van der Waals surface area contributed by atoms with Crippen LogP contribution >= 0.6 is 0 Å². The summed E-state index contributed by atoms with van der Waals surface area (Å²) < 4.78 is 0.